The highest BCUT2D eigenvalue weighted by Crippen LogP contribution is 2.31. The van der Waals surface area contributed by atoms with Crippen LogP contribution >= 0.6 is 15.9 Å². The maximum Gasteiger partial charge on any atom is 0.248 e. The van der Waals surface area contributed by atoms with E-state index in [-0.39, 0.29) is 11.3 Å². The van der Waals surface area contributed by atoms with Gasteiger partial charge >= 0.3 is 0 Å². The minimum absolute atomic E-state index is 0.0119. The van der Waals surface area contributed by atoms with Crippen LogP contribution in [0.1, 0.15) is 32.1 Å². The zero-order valence-electron chi connectivity index (χ0n) is 13.6. The van der Waals surface area contributed by atoms with Gasteiger partial charge in [0.25, 0.3) is 0 Å². The van der Waals surface area contributed by atoms with E-state index < -0.39 is 0 Å². The van der Waals surface area contributed by atoms with E-state index in [0.29, 0.717) is 21.9 Å². The van der Waals surface area contributed by atoms with Crippen LogP contribution in [0.15, 0.2) is 45.5 Å². The maximum absolute atomic E-state index is 12.1. The van der Waals surface area contributed by atoms with E-state index in [4.69, 9.17) is 9.15 Å². The van der Waals surface area contributed by atoms with Crippen LogP contribution in [0.4, 0.5) is 5.69 Å². The summed E-state index contributed by atoms with van der Waals surface area (Å²) in [5, 5.41) is 2.85. The number of halogens is 1. The van der Waals surface area contributed by atoms with Gasteiger partial charge in [-0.05, 0) is 57.2 Å². The first-order chi connectivity index (χ1) is 10.8. The van der Waals surface area contributed by atoms with E-state index in [1.54, 1.807) is 25.3 Å². The summed E-state index contributed by atoms with van der Waals surface area (Å²) in [5.41, 5.74) is 1.75. The van der Waals surface area contributed by atoms with Crippen LogP contribution in [0.5, 0.6) is 5.75 Å². The molecule has 0 aliphatic heterocycles. The van der Waals surface area contributed by atoms with Gasteiger partial charge in [0.1, 0.15) is 11.5 Å². The van der Waals surface area contributed by atoms with Gasteiger partial charge in [-0.1, -0.05) is 26.8 Å². The number of nitrogens with one attached hydrogen (secondary N) is 1. The second kappa shape index (κ2) is 7.04. The van der Waals surface area contributed by atoms with Crippen molar-refractivity contribution in [3.63, 3.8) is 0 Å². The molecule has 1 heterocycles. The Labute approximate surface area is 144 Å². The third-order valence-electron chi connectivity index (χ3n) is 3.32. The number of furan rings is 1. The molecule has 1 aromatic heterocycles. The van der Waals surface area contributed by atoms with Crippen molar-refractivity contribution in [2.75, 3.05) is 12.4 Å². The van der Waals surface area contributed by atoms with E-state index in [1.165, 1.54) is 6.08 Å². The number of methoxy groups -OCH3 is 1. The third-order valence-corrected chi connectivity index (χ3v) is 3.74. The average Bonchev–Trinajstić information content (AvgIpc) is 2.90. The second-order valence-corrected chi connectivity index (χ2v) is 6.91. The van der Waals surface area contributed by atoms with E-state index in [1.807, 2.05) is 18.2 Å². The highest BCUT2D eigenvalue weighted by molar-refractivity contribution is 9.10. The topological polar surface area (TPSA) is 51.5 Å². The third kappa shape index (κ3) is 4.73. The zero-order chi connectivity index (χ0) is 17.0. The van der Waals surface area contributed by atoms with Gasteiger partial charge in [0.05, 0.1) is 12.8 Å². The molecule has 0 aliphatic rings. The largest absolute Gasteiger partial charge is 0.495 e. The standard InChI is InChI=1S/C18H20BrNO3/c1-18(2,3)12-5-8-15(22-4)14(11-12)20-17(21)10-7-13-6-9-16(19)23-13/h5-11H,1-4H3,(H,20,21)/b10-7+. The van der Waals surface area contributed by atoms with Gasteiger partial charge in [-0.25, -0.2) is 0 Å². The maximum atomic E-state index is 12.1. The van der Waals surface area contributed by atoms with Gasteiger partial charge in [-0.3, -0.25) is 4.79 Å². The molecule has 0 saturated carbocycles. The van der Waals surface area contributed by atoms with Gasteiger partial charge in [0.15, 0.2) is 4.67 Å². The number of ether oxygens (including phenoxy) is 1. The van der Waals surface area contributed by atoms with Crippen LogP contribution in [0.3, 0.4) is 0 Å². The lowest BCUT2D eigenvalue weighted by atomic mass is 9.87. The summed E-state index contributed by atoms with van der Waals surface area (Å²) < 4.78 is 11.3. The number of hydrogen-bond donors (Lipinski definition) is 1. The van der Waals surface area contributed by atoms with Crippen molar-refractivity contribution in [1.82, 2.24) is 0 Å². The molecule has 0 bridgehead atoms. The molecule has 2 rings (SSSR count). The molecule has 4 nitrogen and oxygen atoms in total. The first-order valence-corrected chi connectivity index (χ1v) is 8.02. The lowest BCUT2D eigenvalue weighted by Crippen LogP contribution is -2.14. The zero-order valence-corrected chi connectivity index (χ0v) is 15.2. The smallest absolute Gasteiger partial charge is 0.248 e. The molecule has 1 N–H and O–H groups in total. The molecule has 0 saturated heterocycles. The molecule has 1 aromatic carbocycles. The van der Waals surface area contributed by atoms with Crippen LogP contribution in [0, 0.1) is 0 Å². The van der Waals surface area contributed by atoms with Gasteiger partial charge in [-0.15, -0.1) is 0 Å². The Bertz CT molecular complexity index is 726. The fraction of sp³-hybridized carbons (Fsp3) is 0.278. The molecule has 122 valence electrons. The molecule has 0 radical (unpaired) electrons. The van der Waals surface area contributed by atoms with Crippen LogP contribution in [-0.4, -0.2) is 13.0 Å². The number of benzene rings is 1. The number of carbonyl (C=O) groups excluding carboxylic acids is 1. The van der Waals surface area contributed by atoms with E-state index >= 15 is 0 Å². The molecule has 5 heteroatoms. The fourth-order valence-corrected chi connectivity index (χ4v) is 2.34. The fourth-order valence-electron chi connectivity index (χ4n) is 2.02. The van der Waals surface area contributed by atoms with Crippen molar-refractivity contribution in [2.45, 2.75) is 26.2 Å². The van der Waals surface area contributed by atoms with Gasteiger partial charge in [-0.2, -0.15) is 0 Å². The SMILES string of the molecule is COc1ccc(C(C)(C)C)cc1NC(=O)/C=C/c1ccc(Br)o1. The predicted octanol–water partition coefficient (Wildman–Crippen LogP) is 5.00. The van der Waals surface area contributed by atoms with E-state index in [9.17, 15) is 4.79 Å². The Morgan fingerprint density at radius 1 is 1.26 bits per heavy atom. The molecular formula is C18H20BrNO3. The van der Waals surface area contributed by atoms with Crippen molar-refractivity contribution in [1.29, 1.82) is 0 Å². The number of carbonyl (C=O) groups is 1. The lowest BCUT2D eigenvalue weighted by molar-refractivity contribution is -0.111. The summed E-state index contributed by atoms with van der Waals surface area (Å²) in [4.78, 5) is 12.1. The average molecular weight is 378 g/mol. The number of hydrogen-bond acceptors (Lipinski definition) is 3. The second-order valence-electron chi connectivity index (χ2n) is 6.13. The van der Waals surface area contributed by atoms with Crippen LogP contribution < -0.4 is 10.1 Å². The summed E-state index contributed by atoms with van der Waals surface area (Å²) in [6.07, 6.45) is 3.04. The predicted molar refractivity (Wildman–Crippen MR) is 95.8 cm³/mol. The van der Waals surface area contributed by atoms with Crippen LogP contribution in [0.25, 0.3) is 6.08 Å². The number of rotatable bonds is 4. The van der Waals surface area contributed by atoms with Crippen molar-refractivity contribution in [3.8, 4) is 5.75 Å². The van der Waals surface area contributed by atoms with Crippen molar-refractivity contribution in [3.05, 3.63) is 52.4 Å². The molecule has 0 atom stereocenters. The Balaban J connectivity index is 2.17. The minimum atomic E-state index is -0.248. The minimum Gasteiger partial charge on any atom is -0.495 e. The summed E-state index contributed by atoms with van der Waals surface area (Å²) in [5.74, 6) is 0.977. The highest BCUT2D eigenvalue weighted by atomic mass is 79.9. The monoisotopic (exact) mass is 377 g/mol. The van der Waals surface area contributed by atoms with Crippen LogP contribution in [-0.2, 0) is 10.2 Å². The Hall–Kier alpha value is -2.01. The quantitative estimate of drug-likeness (QED) is 0.762. The van der Waals surface area contributed by atoms with E-state index in [0.717, 1.165) is 5.56 Å². The molecule has 0 unspecified atom stereocenters. The van der Waals surface area contributed by atoms with Crippen molar-refractivity contribution >= 4 is 33.6 Å². The lowest BCUT2D eigenvalue weighted by Gasteiger charge is -2.21. The summed E-state index contributed by atoms with van der Waals surface area (Å²) in [6, 6.07) is 9.35. The van der Waals surface area contributed by atoms with Gasteiger partial charge in [0.2, 0.25) is 5.91 Å². The Kier molecular flexibility index (Phi) is 5.31. The van der Waals surface area contributed by atoms with Crippen molar-refractivity contribution in [2.24, 2.45) is 0 Å². The molecule has 2 aromatic rings. The highest BCUT2D eigenvalue weighted by Gasteiger charge is 2.16. The molecule has 0 fully saturated rings. The Morgan fingerprint density at radius 2 is 2.00 bits per heavy atom. The summed E-state index contributed by atoms with van der Waals surface area (Å²) >= 11 is 3.22. The van der Waals surface area contributed by atoms with Crippen molar-refractivity contribution < 1.29 is 13.9 Å². The molecule has 23 heavy (non-hydrogen) atoms. The molecular weight excluding hydrogens is 358 g/mol. The van der Waals surface area contributed by atoms with E-state index in [2.05, 4.69) is 42.0 Å². The number of anilines is 1. The van der Waals surface area contributed by atoms with Crippen LogP contribution in [0.2, 0.25) is 0 Å². The molecule has 0 spiro atoms. The summed E-state index contributed by atoms with van der Waals surface area (Å²) in [7, 11) is 1.58. The Morgan fingerprint density at radius 3 is 2.57 bits per heavy atom. The summed E-state index contributed by atoms with van der Waals surface area (Å²) in [6.45, 7) is 6.36. The first kappa shape index (κ1) is 17.3. The molecule has 0 aliphatic carbocycles. The number of amides is 1. The molecule has 1 amide bonds. The van der Waals surface area contributed by atoms with Gasteiger partial charge < -0.3 is 14.5 Å². The van der Waals surface area contributed by atoms with Gasteiger partial charge in [0, 0.05) is 6.08 Å². The first-order valence-electron chi connectivity index (χ1n) is 7.22. The normalized spacial score (nSPS) is 11.7.